The van der Waals surface area contributed by atoms with Gasteiger partial charge >= 0.3 is 0 Å². The van der Waals surface area contributed by atoms with Crippen LogP contribution in [-0.4, -0.2) is 28.1 Å². The maximum atomic E-state index is 13.2. The molecule has 4 nitrogen and oxygen atoms in total. The van der Waals surface area contributed by atoms with Gasteiger partial charge in [-0.3, -0.25) is 14.5 Å². The van der Waals surface area contributed by atoms with Crippen molar-refractivity contribution in [2.24, 2.45) is 0 Å². The first-order valence-electron chi connectivity index (χ1n) is 7.87. The van der Waals surface area contributed by atoms with Crippen molar-refractivity contribution in [2.75, 3.05) is 11.9 Å². The molecule has 0 saturated carbocycles. The van der Waals surface area contributed by atoms with Crippen LogP contribution in [0.4, 0.5) is 5.69 Å². The van der Waals surface area contributed by atoms with Crippen LogP contribution in [0.15, 0.2) is 53.4 Å². The molecule has 0 atom stereocenters. The van der Waals surface area contributed by atoms with Crippen molar-refractivity contribution in [2.45, 2.75) is 6.54 Å². The number of hydrogen-bond acceptors (Lipinski definition) is 4. The van der Waals surface area contributed by atoms with Gasteiger partial charge in [0.1, 0.15) is 4.32 Å². The summed E-state index contributed by atoms with van der Waals surface area (Å²) in [5, 5.41) is 0.647. The molecule has 4 rings (SSSR count). The van der Waals surface area contributed by atoms with Gasteiger partial charge in [-0.2, -0.15) is 0 Å². The van der Waals surface area contributed by atoms with Gasteiger partial charge < -0.3 is 4.90 Å². The summed E-state index contributed by atoms with van der Waals surface area (Å²) >= 11 is 12.3. The van der Waals surface area contributed by atoms with Gasteiger partial charge in [0.2, 0.25) is 0 Å². The summed E-state index contributed by atoms with van der Waals surface area (Å²) in [5.74, 6) is -0.415. The lowest BCUT2D eigenvalue weighted by Gasteiger charge is -2.17. The molecule has 26 heavy (non-hydrogen) atoms. The number of carbonyl (C=O) groups is 2. The highest BCUT2D eigenvalue weighted by atomic mass is 35.5. The molecule has 2 amide bonds. The SMILES string of the molecule is CN1C(=O)/C(=C2/C(=O)N(Cc3ccc(Cl)cc3)c3ccccc32)SC1=S. The molecule has 0 radical (unpaired) electrons. The fourth-order valence-corrected chi connectivity index (χ4v) is 4.40. The summed E-state index contributed by atoms with van der Waals surface area (Å²) in [5.41, 5.74) is 2.95. The number of para-hydroxylation sites is 1. The quantitative estimate of drug-likeness (QED) is 0.562. The predicted octanol–water partition coefficient (Wildman–Crippen LogP) is 4.09. The molecule has 2 aliphatic heterocycles. The first kappa shape index (κ1) is 17.3. The van der Waals surface area contributed by atoms with E-state index in [1.807, 2.05) is 36.4 Å². The van der Waals surface area contributed by atoms with Crippen LogP contribution in [0.3, 0.4) is 0 Å². The van der Waals surface area contributed by atoms with Crippen molar-refractivity contribution >= 4 is 63.0 Å². The smallest absolute Gasteiger partial charge is 0.266 e. The monoisotopic (exact) mass is 400 g/mol. The molecule has 2 heterocycles. The van der Waals surface area contributed by atoms with Gasteiger partial charge in [0, 0.05) is 17.6 Å². The summed E-state index contributed by atoms with van der Waals surface area (Å²) in [6.45, 7) is 0.406. The summed E-state index contributed by atoms with van der Waals surface area (Å²) < 4.78 is 0.457. The van der Waals surface area contributed by atoms with E-state index in [1.54, 1.807) is 24.1 Å². The molecule has 130 valence electrons. The highest BCUT2D eigenvalue weighted by Gasteiger charge is 2.40. The molecular formula is C19H13ClN2O2S2. The Morgan fingerprint density at radius 3 is 2.38 bits per heavy atom. The van der Waals surface area contributed by atoms with E-state index in [2.05, 4.69) is 0 Å². The van der Waals surface area contributed by atoms with Crippen LogP contribution < -0.4 is 4.90 Å². The van der Waals surface area contributed by atoms with Gasteiger partial charge in [0.15, 0.2) is 0 Å². The number of amides is 2. The molecule has 0 aromatic heterocycles. The molecule has 7 heteroatoms. The van der Waals surface area contributed by atoms with Crippen LogP contribution in [0.25, 0.3) is 5.57 Å². The molecule has 0 N–H and O–H groups in total. The second kappa shape index (κ2) is 6.54. The normalized spacial score (nSPS) is 19.5. The summed E-state index contributed by atoms with van der Waals surface area (Å²) in [6.07, 6.45) is 0. The summed E-state index contributed by atoms with van der Waals surface area (Å²) in [4.78, 5) is 29.2. The van der Waals surface area contributed by atoms with E-state index < -0.39 is 0 Å². The minimum Gasteiger partial charge on any atom is -0.303 e. The molecule has 0 unspecified atom stereocenters. The molecule has 2 aromatic rings. The Bertz CT molecular complexity index is 985. The number of benzene rings is 2. The van der Waals surface area contributed by atoms with Crippen molar-refractivity contribution in [3.05, 3.63) is 69.6 Å². The van der Waals surface area contributed by atoms with E-state index in [4.69, 9.17) is 23.8 Å². The fourth-order valence-electron chi connectivity index (χ4n) is 3.02. The van der Waals surface area contributed by atoms with Crippen molar-refractivity contribution in [3.8, 4) is 0 Å². The van der Waals surface area contributed by atoms with Crippen molar-refractivity contribution in [1.82, 2.24) is 4.90 Å². The fraction of sp³-hybridized carbons (Fsp3) is 0.105. The lowest BCUT2D eigenvalue weighted by molar-refractivity contribution is -0.121. The van der Waals surface area contributed by atoms with E-state index in [1.165, 1.54) is 16.7 Å². The number of fused-ring (bicyclic) bond motifs is 1. The van der Waals surface area contributed by atoms with Gasteiger partial charge in [0.05, 0.1) is 22.7 Å². The number of carbonyl (C=O) groups excluding carboxylic acids is 2. The maximum absolute atomic E-state index is 13.2. The lowest BCUT2D eigenvalue weighted by atomic mass is 10.1. The Balaban J connectivity index is 1.80. The van der Waals surface area contributed by atoms with Crippen molar-refractivity contribution in [3.63, 3.8) is 0 Å². The third-order valence-electron chi connectivity index (χ3n) is 4.37. The van der Waals surface area contributed by atoms with E-state index in [0.29, 0.717) is 26.4 Å². The van der Waals surface area contributed by atoms with Crippen LogP contribution in [0.5, 0.6) is 0 Å². The molecular weight excluding hydrogens is 388 g/mol. The topological polar surface area (TPSA) is 40.6 Å². The van der Waals surface area contributed by atoms with Crippen LogP contribution in [0.1, 0.15) is 11.1 Å². The van der Waals surface area contributed by atoms with E-state index in [0.717, 1.165) is 16.8 Å². The Morgan fingerprint density at radius 1 is 1.04 bits per heavy atom. The molecule has 1 fully saturated rings. The number of halogens is 1. The van der Waals surface area contributed by atoms with Crippen LogP contribution in [0.2, 0.25) is 5.02 Å². The van der Waals surface area contributed by atoms with Gasteiger partial charge in [-0.1, -0.05) is 65.9 Å². The number of thioether (sulfide) groups is 1. The van der Waals surface area contributed by atoms with E-state index in [9.17, 15) is 9.59 Å². The standard InChI is InChI=1S/C19H13ClN2O2S2/c1-21-18(24)16(26-19(21)25)15-13-4-2-3-5-14(13)22(17(15)23)10-11-6-8-12(20)9-7-11/h2-9H,10H2,1H3/b16-15-. The van der Waals surface area contributed by atoms with Crippen LogP contribution in [0, 0.1) is 0 Å². The summed E-state index contributed by atoms with van der Waals surface area (Å²) in [6, 6.07) is 14.9. The van der Waals surface area contributed by atoms with Crippen LogP contribution >= 0.6 is 35.6 Å². The Hall–Kier alpha value is -2.15. The molecule has 0 bridgehead atoms. The van der Waals surface area contributed by atoms with Gasteiger partial charge in [-0.05, 0) is 23.8 Å². The number of likely N-dealkylation sites (N-methyl/N-ethyl adjacent to an activating group) is 1. The predicted molar refractivity (Wildman–Crippen MR) is 109 cm³/mol. The number of anilines is 1. The van der Waals surface area contributed by atoms with Crippen molar-refractivity contribution < 1.29 is 9.59 Å². The second-order valence-electron chi connectivity index (χ2n) is 5.97. The zero-order valence-electron chi connectivity index (χ0n) is 13.7. The zero-order chi connectivity index (χ0) is 18.4. The van der Waals surface area contributed by atoms with Crippen molar-refractivity contribution in [1.29, 1.82) is 0 Å². The number of rotatable bonds is 2. The van der Waals surface area contributed by atoms with Gasteiger partial charge in [-0.15, -0.1) is 0 Å². The van der Waals surface area contributed by atoms with E-state index in [-0.39, 0.29) is 11.8 Å². The zero-order valence-corrected chi connectivity index (χ0v) is 16.1. The maximum Gasteiger partial charge on any atom is 0.266 e. The van der Waals surface area contributed by atoms with Crippen LogP contribution in [-0.2, 0) is 16.1 Å². The number of thiocarbonyl (C=S) groups is 1. The van der Waals surface area contributed by atoms with Gasteiger partial charge in [0.25, 0.3) is 11.8 Å². The lowest BCUT2D eigenvalue weighted by Crippen LogP contribution is -2.27. The largest absolute Gasteiger partial charge is 0.303 e. The molecule has 0 spiro atoms. The molecule has 0 aliphatic carbocycles. The minimum absolute atomic E-state index is 0.185. The van der Waals surface area contributed by atoms with E-state index >= 15 is 0 Å². The molecule has 2 aromatic carbocycles. The average Bonchev–Trinajstić information content (AvgIpc) is 3.05. The molecule has 1 saturated heterocycles. The Labute approximate surface area is 165 Å². The highest BCUT2D eigenvalue weighted by Crippen LogP contribution is 2.44. The highest BCUT2D eigenvalue weighted by molar-refractivity contribution is 8.26. The van der Waals surface area contributed by atoms with Gasteiger partial charge in [-0.25, -0.2) is 0 Å². The minimum atomic E-state index is -0.230. The summed E-state index contributed by atoms with van der Waals surface area (Å²) in [7, 11) is 1.63. The second-order valence-corrected chi connectivity index (χ2v) is 8.05. The average molecular weight is 401 g/mol. The third-order valence-corrected chi connectivity index (χ3v) is 6.17. The molecule has 2 aliphatic rings. The number of nitrogens with zero attached hydrogens (tertiary/aromatic N) is 2. The first-order valence-corrected chi connectivity index (χ1v) is 9.47. The number of hydrogen-bond donors (Lipinski definition) is 0. The third kappa shape index (κ3) is 2.74. The Kier molecular flexibility index (Phi) is 4.34. The first-order chi connectivity index (χ1) is 12.5. The Morgan fingerprint density at radius 2 is 1.73 bits per heavy atom.